The van der Waals surface area contributed by atoms with Gasteiger partial charge in [-0.1, -0.05) is 18.5 Å². The number of hydrogen-bond acceptors (Lipinski definition) is 4. The summed E-state index contributed by atoms with van der Waals surface area (Å²) >= 11 is 13.3. The minimum absolute atomic E-state index is 0.407. The van der Waals surface area contributed by atoms with Crippen molar-refractivity contribution in [1.82, 2.24) is 4.90 Å². The summed E-state index contributed by atoms with van der Waals surface area (Å²) in [5, 5.41) is 5.41. The Kier molecular flexibility index (Phi) is 5.81. The van der Waals surface area contributed by atoms with Crippen molar-refractivity contribution in [3.8, 4) is 0 Å². The molecular weight excluding hydrogens is 376 g/mol. The van der Waals surface area contributed by atoms with Gasteiger partial charge in [-0.25, -0.2) is 4.79 Å². The number of thiocarbonyl (C=S) groups is 1. The van der Waals surface area contributed by atoms with E-state index in [1.54, 1.807) is 0 Å². The zero-order valence-corrected chi connectivity index (χ0v) is 16.7. The number of likely N-dealkylation sites (tertiary alicyclic amines) is 1. The number of rotatable bonds is 3. The summed E-state index contributed by atoms with van der Waals surface area (Å²) in [6.45, 7) is 3.21. The van der Waals surface area contributed by atoms with Crippen molar-refractivity contribution in [2.45, 2.75) is 38.6 Å². The van der Waals surface area contributed by atoms with Crippen LogP contribution in [0, 0.1) is 0 Å². The second-order valence-electron chi connectivity index (χ2n) is 6.13. The number of fused-ring (bicyclic) bond motifs is 1. The normalized spacial score (nSPS) is 17.6. The van der Waals surface area contributed by atoms with Crippen LogP contribution in [-0.4, -0.2) is 35.7 Å². The molecule has 1 N–H and O–H groups in total. The van der Waals surface area contributed by atoms with Crippen LogP contribution in [0.5, 0.6) is 0 Å². The SMILES string of the molecule is CCC1CCCCN1C(=S)Nc1ccc2c(Cl)c(C(=O)OC)sc2c1. The number of esters is 1. The Morgan fingerprint density at radius 3 is 3.00 bits per heavy atom. The Balaban J connectivity index is 1.82. The van der Waals surface area contributed by atoms with Crippen molar-refractivity contribution in [3.05, 3.63) is 28.1 Å². The molecule has 1 aromatic heterocycles. The lowest BCUT2D eigenvalue weighted by Crippen LogP contribution is -2.45. The Morgan fingerprint density at radius 2 is 2.28 bits per heavy atom. The number of anilines is 1. The first-order chi connectivity index (χ1) is 12.0. The fourth-order valence-corrected chi connectivity index (χ4v) is 5.08. The van der Waals surface area contributed by atoms with E-state index >= 15 is 0 Å². The number of carbonyl (C=O) groups is 1. The highest BCUT2D eigenvalue weighted by atomic mass is 35.5. The van der Waals surface area contributed by atoms with Crippen molar-refractivity contribution in [2.24, 2.45) is 0 Å². The summed E-state index contributed by atoms with van der Waals surface area (Å²) in [5.74, 6) is -0.407. The van der Waals surface area contributed by atoms with Crippen LogP contribution < -0.4 is 5.32 Å². The maximum Gasteiger partial charge on any atom is 0.349 e. The Bertz CT molecular complexity index is 806. The minimum Gasteiger partial charge on any atom is -0.465 e. The number of benzene rings is 1. The van der Waals surface area contributed by atoms with E-state index in [1.165, 1.54) is 37.7 Å². The first-order valence-electron chi connectivity index (χ1n) is 8.43. The predicted molar refractivity (Wildman–Crippen MR) is 109 cm³/mol. The molecule has 3 rings (SSSR count). The van der Waals surface area contributed by atoms with E-state index in [1.807, 2.05) is 18.2 Å². The molecule has 1 aromatic carbocycles. The Morgan fingerprint density at radius 1 is 1.48 bits per heavy atom. The van der Waals surface area contributed by atoms with Gasteiger partial charge in [-0.15, -0.1) is 11.3 Å². The maximum atomic E-state index is 11.8. The number of thiophene rings is 1. The highest BCUT2D eigenvalue weighted by Gasteiger charge is 2.23. The number of piperidine rings is 1. The lowest BCUT2D eigenvalue weighted by molar-refractivity contribution is 0.0606. The van der Waals surface area contributed by atoms with Crippen LogP contribution in [0.25, 0.3) is 10.1 Å². The Hall–Kier alpha value is -1.37. The fraction of sp³-hybridized carbons (Fsp3) is 0.444. The van der Waals surface area contributed by atoms with Gasteiger partial charge in [0.25, 0.3) is 0 Å². The van der Waals surface area contributed by atoms with E-state index in [4.69, 9.17) is 28.6 Å². The molecule has 0 aliphatic carbocycles. The van der Waals surface area contributed by atoms with Crippen molar-refractivity contribution in [2.75, 3.05) is 19.0 Å². The van der Waals surface area contributed by atoms with Crippen molar-refractivity contribution in [3.63, 3.8) is 0 Å². The standard InChI is InChI=1S/C18H21ClN2O2S2/c1-3-12-6-4-5-9-21(12)18(24)20-11-7-8-13-14(10-11)25-16(15(13)19)17(22)23-2/h7-8,10,12H,3-6,9H2,1-2H3,(H,20,24). The molecule has 0 saturated carbocycles. The van der Waals surface area contributed by atoms with Gasteiger partial charge in [-0.2, -0.15) is 0 Å². The van der Waals surface area contributed by atoms with Crippen LogP contribution in [0.3, 0.4) is 0 Å². The second kappa shape index (κ2) is 7.89. The van der Waals surface area contributed by atoms with Gasteiger partial charge >= 0.3 is 5.97 Å². The molecule has 1 unspecified atom stereocenters. The third-order valence-corrected chi connectivity index (χ3v) is 6.58. The van der Waals surface area contributed by atoms with Gasteiger partial charge in [-0.05, 0) is 56.1 Å². The molecule has 1 aliphatic heterocycles. The molecule has 1 fully saturated rings. The average molecular weight is 397 g/mol. The molecule has 1 saturated heterocycles. The molecule has 2 heterocycles. The average Bonchev–Trinajstić information content (AvgIpc) is 2.97. The molecule has 1 atom stereocenters. The zero-order chi connectivity index (χ0) is 18.0. The molecule has 0 spiro atoms. The smallest absolute Gasteiger partial charge is 0.349 e. The second-order valence-corrected chi connectivity index (χ2v) is 7.95. The molecule has 4 nitrogen and oxygen atoms in total. The molecule has 0 radical (unpaired) electrons. The molecule has 25 heavy (non-hydrogen) atoms. The Labute approximate surface area is 162 Å². The molecule has 7 heteroatoms. The van der Waals surface area contributed by atoms with Crippen LogP contribution in [0.15, 0.2) is 18.2 Å². The van der Waals surface area contributed by atoms with Crippen LogP contribution in [0.2, 0.25) is 5.02 Å². The van der Waals surface area contributed by atoms with Crippen LogP contribution >= 0.6 is 35.2 Å². The molecule has 0 bridgehead atoms. The number of nitrogens with one attached hydrogen (secondary N) is 1. The van der Waals surface area contributed by atoms with Crippen LogP contribution in [0.4, 0.5) is 5.69 Å². The quantitative estimate of drug-likeness (QED) is 0.563. The summed E-state index contributed by atoms with van der Waals surface area (Å²) in [6, 6.07) is 6.35. The van der Waals surface area contributed by atoms with Crippen LogP contribution in [0.1, 0.15) is 42.3 Å². The molecule has 134 valence electrons. The first-order valence-corrected chi connectivity index (χ1v) is 10.0. The highest BCUT2D eigenvalue weighted by molar-refractivity contribution is 7.80. The summed E-state index contributed by atoms with van der Waals surface area (Å²) in [7, 11) is 1.36. The number of nitrogens with zero attached hydrogens (tertiary/aromatic N) is 1. The van der Waals surface area contributed by atoms with E-state index in [2.05, 4.69) is 17.1 Å². The molecule has 0 amide bonds. The largest absolute Gasteiger partial charge is 0.465 e. The van der Waals surface area contributed by atoms with Crippen molar-refractivity contribution < 1.29 is 9.53 Å². The lowest BCUT2D eigenvalue weighted by atomic mass is 10.0. The van der Waals surface area contributed by atoms with E-state index in [0.717, 1.165) is 33.9 Å². The summed E-state index contributed by atoms with van der Waals surface area (Å²) in [6.07, 6.45) is 4.75. The molecule has 1 aliphatic rings. The number of ether oxygens (including phenoxy) is 1. The van der Waals surface area contributed by atoms with E-state index in [0.29, 0.717) is 15.9 Å². The maximum absolute atomic E-state index is 11.8. The van der Waals surface area contributed by atoms with E-state index in [9.17, 15) is 4.79 Å². The van der Waals surface area contributed by atoms with Gasteiger partial charge in [0.1, 0.15) is 4.88 Å². The summed E-state index contributed by atoms with van der Waals surface area (Å²) in [5.41, 5.74) is 0.909. The predicted octanol–water partition coefficient (Wildman–Crippen LogP) is 5.30. The zero-order valence-electron chi connectivity index (χ0n) is 14.3. The number of methoxy groups -OCH3 is 1. The molecule has 2 aromatic rings. The van der Waals surface area contributed by atoms with Crippen LogP contribution in [-0.2, 0) is 4.74 Å². The topological polar surface area (TPSA) is 41.6 Å². The number of hydrogen-bond donors (Lipinski definition) is 1. The fourth-order valence-electron chi connectivity index (χ4n) is 3.25. The van der Waals surface area contributed by atoms with Gasteiger partial charge in [0.2, 0.25) is 0 Å². The van der Waals surface area contributed by atoms with Gasteiger partial charge in [0.05, 0.1) is 12.1 Å². The number of halogens is 1. The minimum atomic E-state index is -0.407. The van der Waals surface area contributed by atoms with Crippen molar-refractivity contribution >= 4 is 62.0 Å². The lowest BCUT2D eigenvalue weighted by Gasteiger charge is -2.37. The van der Waals surface area contributed by atoms with Crippen molar-refractivity contribution in [1.29, 1.82) is 0 Å². The van der Waals surface area contributed by atoms with Gasteiger partial charge in [0.15, 0.2) is 5.11 Å². The monoisotopic (exact) mass is 396 g/mol. The summed E-state index contributed by atoms with van der Waals surface area (Å²) < 4.78 is 5.72. The summed E-state index contributed by atoms with van der Waals surface area (Å²) in [4.78, 5) is 14.5. The highest BCUT2D eigenvalue weighted by Crippen LogP contribution is 2.37. The molecular formula is C18H21ClN2O2S2. The van der Waals surface area contributed by atoms with E-state index in [-0.39, 0.29) is 0 Å². The van der Waals surface area contributed by atoms with Gasteiger partial charge < -0.3 is 15.0 Å². The van der Waals surface area contributed by atoms with Gasteiger partial charge in [0, 0.05) is 28.4 Å². The third-order valence-electron chi connectivity index (χ3n) is 4.61. The van der Waals surface area contributed by atoms with E-state index < -0.39 is 5.97 Å². The third kappa shape index (κ3) is 3.76. The van der Waals surface area contributed by atoms with Gasteiger partial charge in [-0.3, -0.25) is 0 Å². The number of carbonyl (C=O) groups excluding carboxylic acids is 1. The first kappa shape index (κ1) is 18.4.